The van der Waals surface area contributed by atoms with Crippen molar-refractivity contribution < 1.29 is 38.1 Å². The van der Waals surface area contributed by atoms with Gasteiger partial charge >= 0.3 is 0 Å². The molecule has 48 heavy (non-hydrogen) atoms. The zero-order valence-electron chi connectivity index (χ0n) is 28.2. The average Bonchev–Trinajstić information content (AvgIpc) is 3.56. The molecule has 4 fully saturated rings. The summed E-state index contributed by atoms with van der Waals surface area (Å²) in [6.07, 6.45) is -0.609. The Bertz CT molecular complexity index is 1670. The van der Waals surface area contributed by atoms with Crippen LogP contribution in [0.1, 0.15) is 69.9 Å². The number of fused-ring (bicyclic) bond motifs is 7. The molecule has 7 nitrogen and oxygen atoms in total. The maximum absolute atomic E-state index is 17.6. The molecule has 10 atom stereocenters. The molecule has 7 rings (SSSR count). The molecule has 1 saturated heterocycles. The van der Waals surface area contributed by atoms with Crippen molar-refractivity contribution in [2.24, 2.45) is 22.7 Å². The van der Waals surface area contributed by atoms with Gasteiger partial charge in [-0.05, 0) is 93.4 Å². The zero-order chi connectivity index (χ0) is 34.4. The highest BCUT2D eigenvalue weighted by Gasteiger charge is 2.80. The van der Waals surface area contributed by atoms with Crippen molar-refractivity contribution in [3.8, 4) is 0 Å². The molecule has 0 unspecified atom stereocenters. The van der Waals surface area contributed by atoms with E-state index in [0.717, 1.165) is 23.7 Å². The highest BCUT2D eigenvalue weighted by molar-refractivity contribution is 6.01. The number of carbonyl (C=O) groups is 2. The van der Waals surface area contributed by atoms with Crippen molar-refractivity contribution in [1.29, 1.82) is 0 Å². The Morgan fingerprint density at radius 2 is 1.69 bits per heavy atom. The number of nitrogens with zero attached hydrogens (tertiary/aromatic N) is 1. The largest absolute Gasteiger partial charge is 0.390 e. The van der Waals surface area contributed by atoms with Gasteiger partial charge in [-0.25, -0.2) is 8.78 Å². The Morgan fingerprint density at radius 3 is 2.31 bits per heavy atom. The zero-order valence-corrected chi connectivity index (χ0v) is 28.2. The average molecular weight is 662 g/mol. The Hall–Kier alpha value is -3.24. The number of ether oxygens (including phenoxy) is 2. The maximum Gasteiger partial charge on any atom is 0.193 e. The summed E-state index contributed by atoms with van der Waals surface area (Å²) in [5, 5.41) is 21.9. The lowest BCUT2D eigenvalue weighted by Gasteiger charge is -2.63. The SMILES string of the molecule is CC(C)N(C)c1ccc(Cc2ccc([C@@H]3O[C@@H]4C[C@H]5[C@@H]6C[C@H](F)C7=CC(=O)C=C[C@]7(C)[C@@]6(F)[C@@H](O)C[C@]5(C)[C@]4(C(=O)CO)O3)cc2)cc1. The van der Waals surface area contributed by atoms with Crippen molar-refractivity contribution in [2.75, 3.05) is 18.6 Å². The molecule has 5 aliphatic rings. The number of Topliss-reactive ketones (excluding diaryl/α,β-unsaturated/α-hetero) is 1. The van der Waals surface area contributed by atoms with Gasteiger partial charge in [-0.3, -0.25) is 9.59 Å². The van der Waals surface area contributed by atoms with Crippen LogP contribution >= 0.6 is 0 Å². The van der Waals surface area contributed by atoms with Crippen LogP contribution in [0, 0.1) is 22.7 Å². The lowest BCUT2D eigenvalue weighted by Crippen LogP contribution is -2.70. The normalized spacial score (nSPS) is 39.8. The summed E-state index contributed by atoms with van der Waals surface area (Å²) in [4.78, 5) is 28.2. The third kappa shape index (κ3) is 4.50. The summed E-state index contributed by atoms with van der Waals surface area (Å²) in [5.74, 6) is -2.58. The fourth-order valence-electron chi connectivity index (χ4n) is 9.89. The van der Waals surface area contributed by atoms with Crippen LogP contribution in [0.2, 0.25) is 0 Å². The molecule has 4 aliphatic carbocycles. The van der Waals surface area contributed by atoms with Crippen LogP contribution in [0.3, 0.4) is 0 Å². The van der Waals surface area contributed by atoms with E-state index in [1.807, 2.05) is 24.3 Å². The first kappa shape index (κ1) is 33.3. The molecule has 1 aliphatic heterocycles. The van der Waals surface area contributed by atoms with Crippen LogP contribution in [-0.2, 0) is 25.5 Å². The molecule has 2 N–H and O–H groups in total. The summed E-state index contributed by atoms with van der Waals surface area (Å²) in [7, 11) is 2.07. The first-order valence-corrected chi connectivity index (χ1v) is 17.0. The lowest BCUT2D eigenvalue weighted by atomic mass is 9.44. The molecular weight excluding hydrogens is 616 g/mol. The van der Waals surface area contributed by atoms with Crippen molar-refractivity contribution in [3.63, 3.8) is 0 Å². The van der Waals surface area contributed by atoms with Crippen molar-refractivity contribution in [1.82, 2.24) is 0 Å². The molecule has 2 aromatic carbocycles. The van der Waals surface area contributed by atoms with Gasteiger partial charge < -0.3 is 24.6 Å². The standard InChI is InChI=1S/C39H45F2NO6/c1-22(2)42(5)26-12-8-24(9-13-26)16-23-6-10-25(11-7-23)35-47-34-19-28-29-18-31(40)30-17-27(44)14-15-36(30,3)38(29,41)32(45)20-37(28,4)39(34,48-35)33(46)21-43/h6-15,17,22,28-29,31-32,34-35,43,45H,16,18-21H2,1-5H3/t28-,29-,31-,32-,34+,35+,36-,37-,38-,39+/m0/s1. The number of carbonyl (C=O) groups excluding carboxylic acids is 2. The highest BCUT2D eigenvalue weighted by atomic mass is 19.1. The predicted octanol–water partition coefficient (Wildman–Crippen LogP) is 5.76. The Kier molecular flexibility index (Phi) is 7.90. The summed E-state index contributed by atoms with van der Waals surface area (Å²) >= 11 is 0. The van der Waals surface area contributed by atoms with Crippen molar-refractivity contribution >= 4 is 17.3 Å². The summed E-state index contributed by atoms with van der Waals surface area (Å²) in [6, 6.07) is 16.7. The van der Waals surface area contributed by atoms with Gasteiger partial charge in [0.15, 0.2) is 29.1 Å². The number of allylic oxidation sites excluding steroid dienone is 4. The van der Waals surface area contributed by atoms with Gasteiger partial charge in [0.1, 0.15) is 12.8 Å². The number of rotatable bonds is 7. The number of aliphatic hydroxyl groups excluding tert-OH is 2. The van der Waals surface area contributed by atoms with Gasteiger partial charge in [0.2, 0.25) is 0 Å². The van der Waals surface area contributed by atoms with Gasteiger partial charge in [-0.1, -0.05) is 49.4 Å². The van der Waals surface area contributed by atoms with Gasteiger partial charge in [-0.15, -0.1) is 0 Å². The van der Waals surface area contributed by atoms with Crippen molar-refractivity contribution in [3.05, 3.63) is 89.0 Å². The van der Waals surface area contributed by atoms with Gasteiger partial charge in [0, 0.05) is 41.1 Å². The van der Waals surface area contributed by atoms with Gasteiger partial charge in [-0.2, -0.15) is 0 Å². The minimum atomic E-state index is -2.29. The molecular formula is C39H45F2NO6. The van der Waals surface area contributed by atoms with Crippen molar-refractivity contribution in [2.45, 2.75) is 95.4 Å². The third-order valence-corrected chi connectivity index (χ3v) is 12.7. The predicted molar refractivity (Wildman–Crippen MR) is 177 cm³/mol. The van der Waals surface area contributed by atoms with Crippen LogP contribution in [-0.4, -0.2) is 71.1 Å². The highest BCUT2D eigenvalue weighted by Crippen LogP contribution is 2.72. The van der Waals surface area contributed by atoms with E-state index in [4.69, 9.17) is 9.47 Å². The summed E-state index contributed by atoms with van der Waals surface area (Å²) in [6.45, 7) is 6.81. The fraction of sp³-hybridized carbons (Fsp3) is 0.538. The van der Waals surface area contributed by atoms with Crippen LogP contribution in [0.25, 0.3) is 0 Å². The molecule has 2 aromatic rings. The number of ketones is 2. The van der Waals surface area contributed by atoms with E-state index in [0.29, 0.717) is 11.6 Å². The summed E-state index contributed by atoms with van der Waals surface area (Å²) < 4.78 is 46.5. The number of halogens is 2. The van der Waals surface area contributed by atoms with E-state index in [9.17, 15) is 19.8 Å². The minimum Gasteiger partial charge on any atom is -0.390 e. The van der Waals surface area contributed by atoms with E-state index < -0.39 is 76.8 Å². The molecule has 256 valence electrons. The summed E-state index contributed by atoms with van der Waals surface area (Å²) in [5.41, 5.74) is -2.49. The first-order chi connectivity index (χ1) is 22.7. The molecule has 0 amide bonds. The number of alkyl halides is 2. The lowest BCUT2D eigenvalue weighted by molar-refractivity contribution is -0.235. The number of aliphatic hydroxyl groups is 2. The Balaban J connectivity index is 1.15. The van der Waals surface area contributed by atoms with Crippen LogP contribution in [0.4, 0.5) is 14.5 Å². The van der Waals surface area contributed by atoms with Crippen LogP contribution in [0.5, 0.6) is 0 Å². The Labute approximate surface area is 280 Å². The quantitative estimate of drug-likeness (QED) is 0.390. The molecule has 0 spiro atoms. The number of anilines is 1. The van der Waals surface area contributed by atoms with Crippen LogP contribution in [0.15, 0.2) is 72.3 Å². The third-order valence-electron chi connectivity index (χ3n) is 12.7. The van der Waals surface area contributed by atoms with E-state index in [-0.39, 0.29) is 24.8 Å². The molecule has 0 aromatic heterocycles. The van der Waals surface area contributed by atoms with E-state index >= 15 is 8.78 Å². The maximum atomic E-state index is 17.6. The first-order valence-electron chi connectivity index (χ1n) is 17.0. The van der Waals surface area contributed by atoms with Crippen LogP contribution < -0.4 is 4.90 Å². The Morgan fingerprint density at radius 1 is 1.04 bits per heavy atom. The van der Waals surface area contributed by atoms with Gasteiger partial charge in [0.25, 0.3) is 0 Å². The second-order valence-electron chi connectivity index (χ2n) is 15.3. The molecule has 0 radical (unpaired) electrons. The topological polar surface area (TPSA) is 96.3 Å². The fourth-order valence-corrected chi connectivity index (χ4v) is 9.89. The molecule has 1 heterocycles. The van der Waals surface area contributed by atoms with E-state index in [2.05, 4.69) is 50.1 Å². The smallest absolute Gasteiger partial charge is 0.193 e. The number of hydrogen-bond donors (Lipinski definition) is 2. The monoisotopic (exact) mass is 661 g/mol. The number of benzene rings is 2. The number of hydrogen-bond acceptors (Lipinski definition) is 7. The minimum absolute atomic E-state index is 0.0440. The second-order valence-corrected chi connectivity index (χ2v) is 15.3. The van der Waals surface area contributed by atoms with Gasteiger partial charge in [0.05, 0.1) is 12.2 Å². The molecule has 9 heteroatoms. The van der Waals surface area contributed by atoms with E-state index in [1.54, 1.807) is 13.8 Å². The molecule has 0 bridgehead atoms. The molecule has 3 saturated carbocycles. The van der Waals surface area contributed by atoms with E-state index in [1.165, 1.54) is 17.7 Å². The second kappa shape index (κ2) is 11.4.